The zero-order valence-electron chi connectivity index (χ0n) is 32.1. The van der Waals surface area contributed by atoms with Crippen molar-refractivity contribution in [3.05, 3.63) is 145 Å². The number of hydrogen-bond donors (Lipinski definition) is 0. The molecule has 253 valence electrons. The molecule has 50 heavy (non-hydrogen) atoms. The van der Waals surface area contributed by atoms with E-state index in [1.54, 1.807) is 12.1 Å². The van der Waals surface area contributed by atoms with Gasteiger partial charge < -0.3 is 8.98 Å². The zero-order valence-corrected chi connectivity index (χ0v) is 33.6. The summed E-state index contributed by atoms with van der Waals surface area (Å²) in [5.74, 6) is 7.81. The van der Waals surface area contributed by atoms with E-state index in [1.807, 2.05) is 42.6 Å². The molecule has 5 aromatic carbocycles. The smallest absolute Gasteiger partial charge is 0 e. The molecule has 0 saturated heterocycles. The molecule has 3 heterocycles. The van der Waals surface area contributed by atoms with E-state index in [-0.39, 0.29) is 25.5 Å². The van der Waals surface area contributed by atoms with Gasteiger partial charge in [0.15, 0.2) is 0 Å². The van der Waals surface area contributed by atoms with Gasteiger partial charge in [0, 0.05) is 31.2 Å². The third-order valence-corrected chi connectivity index (χ3v) is 13.1. The molecule has 0 unspecified atom stereocenters. The minimum atomic E-state index is -2.08. The third kappa shape index (κ3) is 7.14. The summed E-state index contributed by atoms with van der Waals surface area (Å²) < 4.78 is 31.9. The number of benzene rings is 5. The van der Waals surface area contributed by atoms with Gasteiger partial charge in [0.2, 0.25) is 0 Å². The molecule has 0 spiro atoms. The van der Waals surface area contributed by atoms with Crippen molar-refractivity contribution in [3.63, 3.8) is 0 Å². The second kappa shape index (κ2) is 14.1. The maximum absolute atomic E-state index is 7.35. The number of imidazole rings is 1. The second-order valence-electron chi connectivity index (χ2n) is 14.4. The largest absolute Gasteiger partial charge is 0 e. The van der Waals surface area contributed by atoms with Gasteiger partial charge in [-0.1, -0.05) is 74.2 Å². The Hall–Kier alpha value is -4.29. The van der Waals surface area contributed by atoms with Crippen molar-refractivity contribution in [1.82, 2.24) is 14.5 Å². The summed E-state index contributed by atoms with van der Waals surface area (Å²) in [5, 5.41) is 2.19. The van der Waals surface area contributed by atoms with E-state index < -0.39 is 20.1 Å². The van der Waals surface area contributed by atoms with E-state index in [0.717, 1.165) is 61.3 Å². The second-order valence-corrected chi connectivity index (χ2v) is 25.1. The zero-order chi connectivity index (χ0) is 36.8. The molecule has 6 heteroatoms. The molecule has 1 radical (unpaired) electrons. The summed E-state index contributed by atoms with van der Waals surface area (Å²) >= 11 is -1.83. The molecular formula is C44H41GeIrN3O-2. The van der Waals surface area contributed by atoms with Crippen LogP contribution >= 0.6 is 0 Å². The van der Waals surface area contributed by atoms with Crippen molar-refractivity contribution >= 4 is 50.6 Å². The van der Waals surface area contributed by atoms with Crippen molar-refractivity contribution in [3.8, 4) is 28.3 Å². The van der Waals surface area contributed by atoms with Gasteiger partial charge in [-0.05, 0) is 41.3 Å². The number of pyridine rings is 1. The minimum absolute atomic E-state index is 0. The average molecular weight is 896 g/mol. The van der Waals surface area contributed by atoms with E-state index in [2.05, 4.69) is 120 Å². The molecular weight excluding hydrogens is 851 g/mol. The van der Waals surface area contributed by atoms with Gasteiger partial charge in [-0.25, -0.2) is 0 Å². The number of nitrogens with zero attached hydrogens (tertiary/aromatic N) is 3. The standard InChI is InChI=1S/C29H23N2O.C15H18GeN.Ir/c1-29(2,3)19-15-17-20(18-16-19)31-25-13-6-5-12-24(25)30-28(31)23-11-8-10-22-21-9-4-7-14-26(21)32-27(22)23;1-12-5-7-13(8-6-12)15-10-9-14(11-17-15)16(2,3)4;/h4-10,12-18H,1-3H3;5-7,9-11H,1-4H3;/q2*-1;/i;1D3;. The fourth-order valence-electron chi connectivity index (χ4n) is 6.00. The van der Waals surface area contributed by atoms with Gasteiger partial charge in [0.25, 0.3) is 0 Å². The Kier molecular flexibility index (Phi) is 8.96. The van der Waals surface area contributed by atoms with Gasteiger partial charge >= 0.3 is 110 Å². The first-order valence-corrected chi connectivity index (χ1v) is 23.9. The molecule has 3 aromatic heterocycles. The van der Waals surface area contributed by atoms with E-state index in [9.17, 15) is 0 Å². The normalized spacial score (nSPS) is 12.9. The Balaban J connectivity index is 0.000000199. The van der Waals surface area contributed by atoms with Crippen molar-refractivity contribution < 1.29 is 28.6 Å². The van der Waals surface area contributed by atoms with Crippen LogP contribution in [0, 0.1) is 19.0 Å². The van der Waals surface area contributed by atoms with Crippen LogP contribution in [0.5, 0.6) is 0 Å². The Morgan fingerprint density at radius 3 is 2.24 bits per heavy atom. The van der Waals surface area contributed by atoms with Crippen molar-refractivity contribution in [2.75, 3.05) is 0 Å². The number of fused-ring (bicyclic) bond motifs is 4. The third-order valence-electron chi connectivity index (χ3n) is 8.83. The molecule has 0 atom stereocenters. The van der Waals surface area contributed by atoms with Gasteiger partial charge in [-0.3, -0.25) is 4.98 Å². The molecule has 0 amide bonds. The van der Waals surface area contributed by atoms with E-state index in [0.29, 0.717) is 5.56 Å². The predicted molar refractivity (Wildman–Crippen MR) is 208 cm³/mol. The molecule has 0 bridgehead atoms. The van der Waals surface area contributed by atoms with Crippen molar-refractivity contribution in [2.24, 2.45) is 0 Å². The average Bonchev–Trinajstić information content (AvgIpc) is 3.70. The molecule has 4 nitrogen and oxygen atoms in total. The first-order valence-electron chi connectivity index (χ1n) is 18.1. The number of aromatic nitrogens is 3. The molecule has 0 aliphatic rings. The van der Waals surface area contributed by atoms with Crippen LogP contribution in [0.1, 0.15) is 36.0 Å². The number of para-hydroxylation sites is 3. The van der Waals surface area contributed by atoms with Crippen molar-refractivity contribution in [2.45, 2.75) is 50.3 Å². The predicted octanol–water partition coefficient (Wildman–Crippen LogP) is 11.1. The van der Waals surface area contributed by atoms with Crippen LogP contribution < -0.4 is 4.40 Å². The Morgan fingerprint density at radius 2 is 1.56 bits per heavy atom. The number of rotatable bonds is 4. The molecule has 0 aliphatic heterocycles. The van der Waals surface area contributed by atoms with Gasteiger partial charge in [-0.15, -0.1) is 18.2 Å². The van der Waals surface area contributed by atoms with Crippen LogP contribution in [-0.2, 0) is 25.5 Å². The number of aryl methyl sites for hydroxylation is 1. The van der Waals surface area contributed by atoms with E-state index in [1.165, 1.54) is 16.0 Å². The maximum Gasteiger partial charge on any atom is 0 e. The fourth-order valence-corrected chi connectivity index (χ4v) is 8.17. The van der Waals surface area contributed by atoms with Crippen LogP contribution in [0.2, 0.25) is 17.3 Å². The summed E-state index contributed by atoms with van der Waals surface area (Å²) in [6, 6.07) is 44.7. The van der Waals surface area contributed by atoms with E-state index >= 15 is 0 Å². The van der Waals surface area contributed by atoms with Gasteiger partial charge in [-0.2, -0.15) is 0 Å². The summed E-state index contributed by atoms with van der Waals surface area (Å²) in [5.41, 5.74) is 9.02. The Labute approximate surface area is 315 Å². The Bertz CT molecular complexity index is 2450. The molecule has 0 aliphatic carbocycles. The van der Waals surface area contributed by atoms with Crippen molar-refractivity contribution in [1.29, 1.82) is 0 Å². The number of furan rings is 1. The Morgan fingerprint density at radius 1 is 0.800 bits per heavy atom. The van der Waals surface area contributed by atoms with Crippen LogP contribution in [0.15, 0.2) is 126 Å². The monoisotopic (exact) mass is 897 g/mol. The quantitative estimate of drug-likeness (QED) is 0.131. The first kappa shape index (κ1) is 31.7. The van der Waals surface area contributed by atoms with Gasteiger partial charge in [0.1, 0.15) is 5.58 Å². The SMILES string of the molecule is CC(C)(C)c1ccc(-n2c(-c3[c-]ccc4c3oc3ccccc34)nc3ccccc32)cc1.[2H]C([2H])([2H])c1c[c-]c(-c2cc[c]([Ge]([CH3])([CH3])[CH3])cn2)cc1.[Ir]. The van der Waals surface area contributed by atoms with Crippen LogP contribution in [-0.4, -0.2) is 27.8 Å². The maximum atomic E-state index is 7.35. The van der Waals surface area contributed by atoms with Crippen LogP contribution in [0.3, 0.4) is 0 Å². The topological polar surface area (TPSA) is 43.9 Å². The molecule has 8 rings (SSSR count). The molecule has 0 fully saturated rings. The van der Waals surface area contributed by atoms with Crippen LogP contribution in [0.4, 0.5) is 0 Å². The minimum Gasteiger partial charge on any atom is 0 e. The number of hydrogen-bond acceptors (Lipinski definition) is 3. The molecule has 0 N–H and O–H groups in total. The van der Waals surface area contributed by atoms with Crippen LogP contribution in [0.25, 0.3) is 61.3 Å². The fraction of sp³-hybridized carbons (Fsp3) is 0.182. The molecule has 0 saturated carbocycles. The summed E-state index contributed by atoms with van der Waals surface area (Å²) in [6.45, 7) is 4.62. The first-order chi connectivity index (χ1) is 24.7. The summed E-state index contributed by atoms with van der Waals surface area (Å²) in [4.78, 5) is 9.50. The van der Waals surface area contributed by atoms with E-state index in [4.69, 9.17) is 13.5 Å². The summed E-state index contributed by atoms with van der Waals surface area (Å²) in [7, 11) is 0. The summed E-state index contributed by atoms with van der Waals surface area (Å²) in [6.07, 6.45) is 1.95. The van der Waals surface area contributed by atoms with Gasteiger partial charge in [0.05, 0.1) is 22.4 Å². The molecule has 8 aromatic rings.